The van der Waals surface area contributed by atoms with E-state index in [1.165, 1.54) is 34.0 Å². The molecule has 2 aromatic carbocycles. The van der Waals surface area contributed by atoms with Crippen molar-refractivity contribution in [3.05, 3.63) is 64.7 Å². The Balaban J connectivity index is 1.69. The van der Waals surface area contributed by atoms with Crippen LogP contribution in [0.5, 0.6) is 0 Å². The Morgan fingerprint density at radius 2 is 1.96 bits per heavy atom. The zero-order valence-corrected chi connectivity index (χ0v) is 15.0. The summed E-state index contributed by atoms with van der Waals surface area (Å²) in [6.45, 7) is 5.76. The molecule has 0 fully saturated rings. The van der Waals surface area contributed by atoms with Gasteiger partial charge >= 0.3 is 0 Å². The van der Waals surface area contributed by atoms with Crippen LogP contribution in [0, 0.1) is 26.6 Å². The lowest BCUT2D eigenvalue weighted by Gasteiger charge is -2.10. The maximum atomic E-state index is 14.1. The van der Waals surface area contributed by atoms with Gasteiger partial charge in [-0.2, -0.15) is 4.68 Å². The molecule has 0 atom stereocenters. The van der Waals surface area contributed by atoms with Crippen LogP contribution in [0.4, 0.5) is 10.1 Å². The topological polar surface area (TPSA) is 72.7 Å². The minimum Gasteiger partial charge on any atom is -0.326 e. The van der Waals surface area contributed by atoms with Crippen molar-refractivity contribution in [1.29, 1.82) is 0 Å². The molecule has 0 bridgehead atoms. The molecule has 1 amide bonds. The molecule has 26 heavy (non-hydrogen) atoms. The predicted molar refractivity (Wildman–Crippen MR) is 96.7 cm³/mol. The summed E-state index contributed by atoms with van der Waals surface area (Å²) in [6, 6.07) is 10.5. The lowest BCUT2D eigenvalue weighted by Crippen LogP contribution is -2.13. The first-order valence-corrected chi connectivity index (χ1v) is 8.35. The standard InChI is InChI=1S/C19H20FN5O/c1-12-4-5-15(13(2)10-12)6-9-19(26)21-16-7-8-17(20)18(11-16)25-14(3)22-23-24-25/h4-5,7-8,10-11H,6,9H2,1-3H3,(H,21,26). The van der Waals surface area contributed by atoms with Gasteiger partial charge in [-0.15, -0.1) is 5.10 Å². The van der Waals surface area contributed by atoms with E-state index < -0.39 is 5.82 Å². The highest BCUT2D eigenvalue weighted by molar-refractivity contribution is 5.91. The Labute approximate surface area is 151 Å². The van der Waals surface area contributed by atoms with Gasteiger partial charge < -0.3 is 5.32 Å². The van der Waals surface area contributed by atoms with Gasteiger partial charge in [0.15, 0.2) is 5.82 Å². The maximum absolute atomic E-state index is 14.1. The third kappa shape index (κ3) is 3.93. The molecule has 3 aromatic rings. The number of aromatic nitrogens is 4. The Hall–Kier alpha value is -3.09. The quantitative estimate of drug-likeness (QED) is 0.764. The second-order valence-corrected chi connectivity index (χ2v) is 6.28. The summed E-state index contributed by atoms with van der Waals surface area (Å²) in [5, 5.41) is 13.8. The number of carbonyl (C=O) groups excluding carboxylic acids is 1. The van der Waals surface area contributed by atoms with Gasteiger partial charge in [-0.25, -0.2) is 4.39 Å². The summed E-state index contributed by atoms with van der Waals surface area (Å²) in [7, 11) is 0. The largest absolute Gasteiger partial charge is 0.326 e. The zero-order chi connectivity index (χ0) is 18.7. The number of halogens is 1. The second-order valence-electron chi connectivity index (χ2n) is 6.28. The molecule has 6 nitrogen and oxygen atoms in total. The van der Waals surface area contributed by atoms with E-state index in [4.69, 9.17) is 0 Å². The van der Waals surface area contributed by atoms with Crippen LogP contribution in [0.2, 0.25) is 0 Å². The molecular formula is C19H20FN5O. The number of benzene rings is 2. The fourth-order valence-corrected chi connectivity index (χ4v) is 2.81. The molecule has 1 N–H and O–H groups in total. The summed E-state index contributed by atoms with van der Waals surface area (Å²) >= 11 is 0. The number of nitrogens with zero attached hydrogens (tertiary/aromatic N) is 4. The van der Waals surface area contributed by atoms with Crippen molar-refractivity contribution in [3.63, 3.8) is 0 Å². The number of aryl methyl sites for hydroxylation is 4. The molecule has 0 radical (unpaired) electrons. The van der Waals surface area contributed by atoms with Crippen molar-refractivity contribution in [2.24, 2.45) is 0 Å². The number of nitrogens with one attached hydrogen (secondary N) is 1. The van der Waals surface area contributed by atoms with Crippen LogP contribution < -0.4 is 5.32 Å². The Kier molecular flexibility index (Phi) is 5.06. The summed E-state index contributed by atoms with van der Waals surface area (Å²) in [5.74, 6) is -0.133. The van der Waals surface area contributed by atoms with Crippen molar-refractivity contribution in [1.82, 2.24) is 20.2 Å². The third-order valence-corrected chi connectivity index (χ3v) is 4.20. The zero-order valence-electron chi connectivity index (χ0n) is 15.0. The molecular weight excluding hydrogens is 333 g/mol. The fraction of sp³-hybridized carbons (Fsp3) is 0.263. The molecule has 0 saturated heterocycles. The van der Waals surface area contributed by atoms with Gasteiger partial charge in [0.25, 0.3) is 0 Å². The van der Waals surface area contributed by atoms with Gasteiger partial charge in [0.1, 0.15) is 11.5 Å². The van der Waals surface area contributed by atoms with E-state index in [0.29, 0.717) is 24.4 Å². The van der Waals surface area contributed by atoms with E-state index in [-0.39, 0.29) is 11.6 Å². The summed E-state index contributed by atoms with van der Waals surface area (Å²) in [6.07, 6.45) is 0.999. The summed E-state index contributed by atoms with van der Waals surface area (Å²) in [5.41, 5.74) is 4.22. The van der Waals surface area contributed by atoms with Crippen LogP contribution >= 0.6 is 0 Å². The molecule has 0 spiro atoms. The van der Waals surface area contributed by atoms with Gasteiger partial charge in [0, 0.05) is 12.1 Å². The van der Waals surface area contributed by atoms with Crippen LogP contribution in [0.15, 0.2) is 36.4 Å². The average molecular weight is 353 g/mol. The highest BCUT2D eigenvalue weighted by Gasteiger charge is 2.12. The SMILES string of the molecule is Cc1ccc(CCC(=O)Nc2ccc(F)c(-n3nnnc3C)c2)c(C)c1. The van der Waals surface area contributed by atoms with E-state index in [1.54, 1.807) is 6.92 Å². The van der Waals surface area contributed by atoms with E-state index in [2.05, 4.69) is 33.0 Å². The molecule has 0 aliphatic rings. The van der Waals surface area contributed by atoms with Crippen molar-refractivity contribution >= 4 is 11.6 Å². The van der Waals surface area contributed by atoms with Crippen LogP contribution in [-0.4, -0.2) is 26.1 Å². The van der Waals surface area contributed by atoms with E-state index in [1.807, 2.05) is 19.9 Å². The number of tetrazole rings is 1. The lowest BCUT2D eigenvalue weighted by atomic mass is 10.0. The molecule has 0 aliphatic heterocycles. The highest BCUT2D eigenvalue weighted by Crippen LogP contribution is 2.19. The third-order valence-electron chi connectivity index (χ3n) is 4.20. The minimum absolute atomic E-state index is 0.129. The average Bonchev–Trinajstić information content (AvgIpc) is 3.01. The first kappa shape index (κ1) is 17.7. The van der Waals surface area contributed by atoms with E-state index in [0.717, 1.165) is 5.56 Å². The minimum atomic E-state index is -0.464. The molecule has 134 valence electrons. The monoisotopic (exact) mass is 353 g/mol. The molecule has 7 heteroatoms. The van der Waals surface area contributed by atoms with Crippen molar-refractivity contribution in [2.45, 2.75) is 33.6 Å². The number of amides is 1. The Morgan fingerprint density at radius 1 is 1.15 bits per heavy atom. The molecule has 0 unspecified atom stereocenters. The summed E-state index contributed by atoms with van der Waals surface area (Å²) < 4.78 is 15.4. The number of rotatable bonds is 5. The number of hydrogen-bond acceptors (Lipinski definition) is 4. The molecule has 3 rings (SSSR count). The van der Waals surface area contributed by atoms with E-state index in [9.17, 15) is 9.18 Å². The number of hydrogen-bond donors (Lipinski definition) is 1. The van der Waals surface area contributed by atoms with Crippen molar-refractivity contribution < 1.29 is 9.18 Å². The molecule has 1 aromatic heterocycles. The van der Waals surface area contributed by atoms with Gasteiger partial charge in [0.2, 0.25) is 5.91 Å². The summed E-state index contributed by atoms with van der Waals surface area (Å²) in [4.78, 5) is 12.3. The smallest absolute Gasteiger partial charge is 0.224 e. The first-order valence-electron chi connectivity index (χ1n) is 8.35. The van der Waals surface area contributed by atoms with Gasteiger partial charge in [-0.3, -0.25) is 4.79 Å². The van der Waals surface area contributed by atoms with Gasteiger partial charge in [0.05, 0.1) is 0 Å². The Bertz CT molecular complexity index is 951. The van der Waals surface area contributed by atoms with Crippen LogP contribution in [-0.2, 0) is 11.2 Å². The Morgan fingerprint density at radius 3 is 2.65 bits per heavy atom. The molecule has 1 heterocycles. The molecule has 0 aliphatic carbocycles. The van der Waals surface area contributed by atoms with Crippen molar-refractivity contribution in [3.8, 4) is 5.69 Å². The fourth-order valence-electron chi connectivity index (χ4n) is 2.81. The normalized spacial score (nSPS) is 10.8. The predicted octanol–water partition coefficient (Wildman–Crippen LogP) is 3.30. The van der Waals surface area contributed by atoms with Crippen LogP contribution in [0.25, 0.3) is 5.69 Å². The maximum Gasteiger partial charge on any atom is 0.224 e. The van der Waals surface area contributed by atoms with Gasteiger partial charge in [-0.05, 0) is 66.9 Å². The second kappa shape index (κ2) is 7.43. The lowest BCUT2D eigenvalue weighted by molar-refractivity contribution is -0.116. The van der Waals surface area contributed by atoms with Crippen LogP contribution in [0.3, 0.4) is 0 Å². The number of anilines is 1. The van der Waals surface area contributed by atoms with Crippen molar-refractivity contribution in [2.75, 3.05) is 5.32 Å². The first-order chi connectivity index (χ1) is 12.4. The van der Waals surface area contributed by atoms with E-state index >= 15 is 0 Å². The number of carbonyl (C=O) groups is 1. The van der Waals surface area contributed by atoms with Crippen LogP contribution in [0.1, 0.15) is 28.9 Å². The van der Waals surface area contributed by atoms with Gasteiger partial charge in [-0.1, -0.05) is 23.8 Å². The highest BCUT2D eigenvalue weighted by atomic mass is 19.1. The molecule has 0 saturated carbocycles.